The summed E-state index contributed by atoms with van der Waals surface area (Å²) in [5.74, 6) is 1.75. The molecule has 0 heterocycles. The van der Waals surface area contributed by atoms with E-state index >= 15 is 0 Å². The van der Waals surface area contributed by atoms with E-state index in [2.05, 4.69) is 39.9 Å². The Kier molecular flexibility index (Phi) is 8.26. The fourth-order valence-corrected chi connectivity index (χ4v) is 1.56. The van der Waals surface area contributed by atoms with Gasteiger partial charge in [-0.3, -0.25) is 0 Å². The topological polar surface area (TPSA) is 12.0 Å². The summed E-state index contributed by atoms with van der Waals surface area (Å²) in [6.07, 6.45) is 5.52. The minimum absolute atomic E-state index is 0.631. The summed E-state index contributed by atoms with van der Waals surface area (Å²) < 4.78 is 0. The summed E-state index contributed by atoms with van der Waals surface area (Å²) in [5, 5.41) is 3.50. The molecule has 1 nitrogen and oxygen atoms in total. The van der Waals surface area contributed by atoms with Crippen molar-refractivity contribution in [3.05, 3.63) is 0 Å². The van der Waals surface area contributed by atoms with Crippen molar-refractivity contribution in [1.29, 1.82) is 0 Å². The van der Waals surface area contributed by atoms with Crippen molar-refractivity contribution in [3.63, 3.8) is 0 Å². The molecular weight excluding hydrogens is 170 g/mol. The molecule has 0 saturated heterocycles. The fraction of sp³-hybridized carbons (Fsp3) is 1.00. The molecule has 0 aliphatic carbocycles. The zero-order valence-corrected chi connectivity index (χ0v) is 10.8. The van der Waals surface area contributed by atoms with E-state index in [1.165, 1.54) is 32.2 Å². The van der Waals surface area contributed by atoms with E-state index in [4.69, 9.17) is 0 Å². The Hall–Kier alpha value is -0.0400. The molecule has 2 unspecified atom stereocenters. The van der Waals surface area contributed by atoms with Crippen molar-refractivity contribution < 1.29 is 0 Å². The van der Waals surface area contributed by atoms with Gasteiger partial charge in [-0.05, 0) is 24.8 Å². The molecule has 0 amide bonds. The molecule has 0 saturated carbocycles. The van der Waals surface area contributed by atoms with Crippen LogP contribution >= 0.6 is 0 Å². The summed E-state index contributed by atoms with van der Waals surface area (Å²) in [7, 11) is 0. The van der Waals surface area contributed by atoms with Gasteiger partial charge in [0.1, 0.15) is 0 Å². The van der Waals surface area contributed by atoms with Crippen LogP contribution in [0.5, 0.6) is 0 Å². The molecule has 86 valence electrons. The maximum atomic E-state index is 3.50. The van der Waals surface area contributed by atoms with Crippen molar-refractivity contribution >= 4 is 0 Å². The maximum absolute atomic E-state index is 3.50. The Morgan fingerprint density at radius 1 is 0.929 bits per heavy atom. The van der Waals surface area contributed by atoms with Gasteiger partial charge in [-0.15, -0.1) is 0 Å². The van der Waals surface area contributed by atoms with Gasteiger partial charge in [0.25, 0.3) is 0 Å². The van der Waals surface area contributed by atoms with Gasteiger partial charge in [-0.25, -0.2) is 0 Å². The van der Waals surface area contributed by atoms with Gasteiger partial charge >= 0.3 is 0 Å². The molecule has 1 heteroatoms. The van der Waals surface area contributed by atoms with Crippen LogP contribution in [0.4, 0.5) is 0 Å². The predicted molar refractivity (Wildman–Crippen MR) is 65.6 cm³/mol. The Morgan fingerprint density at radius 3 is 2.00 bits per heavy atom. The normalized spacial score (nSPS) is 15.9. The van der Waals surface area contributed by atoms with Gasteiger partial charge in [0.2, 0.25) is 0 Å². The molecule has 0 aromatic rings. The van der Waals surface area contributed by atoms with E-state index in [0.717, 1.165) is 11.8 Å². The summed E-state index contributed by atoms with van der Waals surface area (Å²) in [5.41, 5.74) is 0. The quantitative estimate of drug-likeness (QED) is 0.626. The second-order valence-corrected chi connectivity index (χ2v) is 5.11. The molecule has 0 radical (unpaired) electrons. The fourth-order valence-electron chi connectivity index (χ4n) is 1.56. The van der Waals surface area contributed by atoms with Crippen LogP contribution < -0.4 is 5.32 Å². The van der Waals surface area contributed by atoms with Crippen LogP contribution in [0.2, 0.25) is 0 Å². The van der Waals surface area contributed by atoms with Crippen molar-refractivity contribution in [2.24, 2.45) is 11.8 Å². The zero-order valence-electron chi connectivity index (χ0n) is 10.8. The zero-order chi connectivity index (χ0) is 11.0. The van der Waals surface area contributed by atoms with Crippen LogP contribution in [0.3, 0.4) is 0 Å². The smallest absolute Gasteiger partial charge is 0.00104 e. The molecule has 14 heavy (non-hydrogen) atoms. The largest absolute Gasteiger partial charge is 0.314 e. The lowest BCUT2D eigenvalue weighted by Gasteiger charge is -2.15. The Balaban J connectivity index is 3.30. The molecule has 2 atom stereocenters. The van der Waals surface area contributed by atoms with E-state index in [1.54, 1.807) is 0 Å². The van der Waals surface area contributed by atoms with Crippen molar-refractivity contribution in [1.82, 2.24) is 5.32 Å². The highest BCUT2D eigenvalue weighted by atomic mass is 14.9. The van der Waals surface area contributed by atoms with E-state index < -0.39 is 0 Å². The lowest BCUT2D eigenvalue weighted by atomic mass is 9.97. The third-order valence-corrected chi connectivity index (χ3v) is 2.97. The van der Waals surface area contributed by atoms with Crippen molar-refractivity contribution in [3.8, 4) is 0 Å². The van der Waals surface area contributed by atoms with Gasteiger partial charge in [0.15, 0.2) is 0 Å². The predicted octanol–water partition coefficient (Wildman–Crippen LogP) is 3.84. The lowest BCUT2D eigenvalue weighted by molar-refractivity contribution is 0.407. The third kappa shape index (κ3) is 8.55. The molecule has 0 bridgehead atoms. The summed E-state index contributed by atoms with van der Waals surface area (Å²) in [6.45, 7) is 12.6. The molecule has 0 rings (SSSR count). The number of hydrogen-bond donors (Lipinski definition) is 1. The van der Waals surface area contributed by atoms with Crippen LogP contribution in [0, 0.1) is 11.8 Å². The molecule has 0 aliphatic heterocycles. The first-order chi connectivity index (χ1) is 6.56. The number of nitrogens with one attached hydrogen (secondary N) is 1. The average molecular weight is 199 g/mol. The SMILES string of the molecule is CCC(C)CCCC(C)CNC(C)C. The van der Waals surface area contributed by atoms with Gasteiger partial charge in [-0.2, -0.15) is 0 Å². The first-order valence-corrected chi connectivity index (χ1v) is 6.29. The molecule has 1 N–H and O–H groups in total. The first kappa shape index (κ1) is 14.0. The number of hydrogen-bond acceptors (Lipinski definition) is 1. The van der Waals surface area contributed by atoms with E-state index in [0.29, 0.717) is 6.04 Å². The molecule has 0 aliphatic rings. The minimum Gasteiger partial charge on any atom is -0.314 e. The Morgan fingerprint density at radius 2 is 1.50 bits per heavy atom. The van der Waals surface area contributed by atoms with E-state index in [1.807, 2.05) is 0 Å². The van der Waals surface area contributed by atoms with Gasteiger partial charge < -0.3 is 5.32 Å². The van der Waals surface area contributed by atoms with E-state index in [9.17, 15) is 0 Å². The van der Waals surface area contributed by atoms with Gasteiger partial charge in [0, 0.05) is 6.04 Å². The lowest BCUT2D eigenvalue weighted by Crippen LogP contribution is -2.27. The van der Waals surface area contributed by atoms with Crippen molar-refractivity contribution in [2.45, 2.75) is 66.3 Å². The first-order valence-electron chi connectivity index (χ1n) is 6.29. The van der Waals surface area contributed by atoms with E-state index in [-0.39, 0.29) is 0 Å². The molecule has 0 spiro atoms. The summed E-state index contributed by atoms with van der Waals surface area (Å²) in [6, 6.07) is 0.631. The molecule has 0 aromatic heterocycles. The van der Waals surface area contributed by atoms with Gasteiger partial charge in [0.05, 0.1) is 0 Å². The standard InChI is InChI=1S/C13H29N/c1-6-12(4)8-7-9-13(5)10-14-11(2)3/h11-14H,6-10H2,1-5H3. The third-order valence-electron chi connectivity index (χ3n) is 2.97. The van der Waals surface area contributed by atoms with Crippen LogP contribution in [0.15, 0.2) is 0 Å². The Bertz CT molecular complexity index is 120. The summed E-state index contributed by atoms with van der Waals surface area (Å²) >= 11 is 0. The highest BCUT2D eigenvalue weighted by Crippen LogP contribution is 2.14. The Labute approximate surface area is 90.7 Å². The second kappa shape index (κ2) is 8.28. The maximum Gasteiger partial charge on any atom is 0.00104 e. The molecule has 0 aromatic carbocycles. The van der Waals surface area contributed by atoms with Crippen LogP contribution in [0.1, 0.15) is 60.3 Å². The van der Waals surface area contributed by atoms with Crippen LogP contribution in [0.25, 0.3) is 0 Å². The molecular formula is C13H29N. The second-order valence-electron chi connectivity index (χ2n) is 5.11. The van der Waals surface area contributed by atoms with Crippen LogP contribution in [-0.4, -0.2) is 12.6 Å². The number of rotatable bonds is 8. The monoisotopic (exact) mass is 199 g/mol. The average Bonchev–Trinajstić information content (AvgIpc) is 2.14. The molecule has 0 fully saturated rings. The van der Waals surface area contributed by atoms with Gasteiger partial charge in [-0.1, -0.05) is 53.9 Å². The van der Waals surface area contributed by atoms with Crippen LogP contribution in [-0.2, 0) is 0 Å². The minimum atomic E-state index is 0.631. The van der Waals surface area contributed by atoms with Crippen molar-refractivity contribution in [2.75, 3.05) is 6.54 Å². The highest BCUT2D eigenvalue weighted by Gasteiger charge is 2.04. The summed E-state index contributed by atoms with van der Waals surface area (Å²) in [4.78, 5) is 0. The highest BCUT2D eigenvalue weighted by molar-refractivity contribution is 4.61.